The standard InChI is InChI=1S/C16H27N5O.ClH/c1-11-8-12(2)10-20(9-11)16(22)15-13(3)21(19-18-15)14-4-6-17-7-5-14;/h11-12,14,17H,4-10H2,1-3H3;1H. The highest BCUT2D eigenvalue weighted by molar-refractivity contribution is 5.93. The average Bonchev–Trinajstić information content (AvgIpc) is 2.88. The summed E-state index contributed by atoms with van der Waals surface area (Å²) in [6.07, 6.45) is 3.30. The van der Waals surface area contributed by atoms with Crippen molar-refractivity contribution in [2.75, 3.05) is 26.2 Å². The van der Waals surface area contributed by atoms with Crippen molar-refractivity contribution < 1.29 is 4.79 Å². The van der Waals surface area contributed by atoms with Gasteiger partial charge in [0.25, 0.3) is 5.91 Å². The minimum absolute atomic E-state index is 0. The zero-order chi connectivity index (χ0) is 15.7. The SMILES string of the molecule is Cc1c(C(=O)N2CC(C)CC(C)C2)nnn1C1CCNCC1.Cl. The van der Waals surface area contributed by atoms with Crippen molar-refractivity contribution in [2.45, 2.75) is 46.1 Å². The summed E-state index contributed by atoms with van der Waals surface area (Å²) in [5.74, 6) is 1.18. The quantitative estimate of drug-likeness (QED) is 0.894. The summed E-state index contributed by atoms with van der Waals surface area (Å²) in [4.78, 5) is 14.8. The molecule has 1 aromatic rings. The van der Waals surface area contributed by atoms with E-state index in [0.29, 0.717) is 23.6 Å². The first-order valence-corrected chi connectivity index (χ1v) is 8.48. The Labute approximate surface area is 144 Å². The zero-order valence-electron chi connectivity index (χ0n) is 14.3. The Balaban J connectivity index is 0.00000192. The van der Waals surface area contributed by atoms with Gasteiger partial charge in [0, 0.05) is 13.1 Å². The Hall–Kier alpha value is -1.14. The molecule has 1 aromatic heterocycles. The van der Waals surface area contributed by atoms with Gasteiger partial charge < -0.3 is 10.2 Å². The molecular formula is C16H28ClN5O. The number of carbonyl (C=O) groups is 1. The Morgan fingerprint density at radius 3 is 2.39 bits per heavy atom. The predicted molar refractivity (Wildman–Crippen MR) is 92.0 cm³/mol. The maximum atomic E-state index is 12.8. The van der Waals surface area contributed by atoms with Gasteiger partial charge >= 0.3 is 0 Å². The fourth-order valence-electron chi connectivity index (χ4n) is 3.92. The van der Waals surface area contributed by atoms with Crippen LogP contribution in [0.5, 0.6) is 0 Å². The Kier molecular flexibility index (Phi) is 6.03. The van der Waals surface area contributed by atoms with Gasteiger partial charge in [-0.2, -0.15) is 0 Å². The van der Waals surface area contributed by atoms with E-state index >= 15 is 0 Å². The maximum absolute atomic E-state index is 12.8. The molecular weight excluding hydrogens is 314 g/mol. The van der Waals surface area contributed by atoms with E-state index in [9.17, 15) is 4.79 Å². The molecule has 2 fully saturated rings. The Morgan fingerprint density at radius 2 is 1.78 bits per heavy atom. The number of rotatable bonds is 2. The topological polar surface area (TPSA) is 63.1 Å². The number of nitrogens with one attached hydrogen (secondary N) is 1. The van der Waals surface area contributed by atoms with E-state index in [2.05, 4.69) is 29.5 Å². The molecule has 0 aromatic carbocycles. The van der Waals surface area contributed by atoms with Gasteiger partial charge in [0.05, 0.1) is 11.7 Å². The normalized spacial score (nSPS) is 26.0. The number of hydrogen-bond acceptors (Lipinski definition) is 4. The van der Waals surface area contributed by atoms with Gasteiger partial charge in [-0.25, -0.2) is 4.68 Å². The molecule has 6 nitrogen and oxygen atoms in total. The van der Waals surface area contributed by atoms with Gasteiger partial charge in [-0.3, -0.25) is 4.79 Å². The summed E-state index contributed by atoms with van der Waals surface area (Å²) >= 11 is 0. The molecule has 2 aliphatic rings. The van der Waals surface area contributed by atoms with Gasteiger partial charge in [0.2, 0.25) is 0 Å². The van der Waals surface area contributed by atoms with Crippen molar-refractivity contribution in [1.82, 2.24) is 25.2 Å². The van der Waals surface area contributed by atoms with Crippen molar-refractivity contribution in [3.8, 4) is 0 Å². The molecule has 2 aliphatic heterocycles. The third-order valence-electron chi connectivity index (χ3n) is 4.94. The minimum atomic E-state index is 0. The van der Waals surface area contributed by atoms with Gasteiger partial charge in [0.15, 0.2) is 5.69 Å². The second-order valence-electron chi connectivity index (χ2n) is 7.11. The van der Waals surface area contributed by atoms with Crippen LogP contribution < -0.4 is 5.32 Å². The Bertz CT molecular complexity index is 531. The second kappa shape index (κ2) is 7.62. The third kappa shape index (κ3) is 3.86. The molecule has 0 aliphatic carbocycles. The van der Waals surface area contributed by atoms with Crippen LogP contribution in [0.1, 0.15) is 55.3 Å². The number of carbonyl (C=O) groups excluding carboxylic acids is 1. The molecule has 130 valence electrons. The van der Waals surface area contributed by atoms with Crippen LogP contribution in [0.4, 0.5) is 0 Å². The van der Waals surface area contributed by atoms with E-state index in [4.69, 9.17) is 0 Å². The van der Waals surface area contributed by atoms with Crippen molar-refractivity contribution >= 4 is 18.3 Å². The Morgan fingerprint density at radius 1 is 1.17 bits per heavy atom. The molecule has 1 N–H and O–H groups in total. The molecule has 0 radical (unpaired) electrons. The largest absolute Gasteiger partial charge is 0.337 e. The molecule has 23 heavy (non-hydrogen) atoms. The summed E-state index contributed by atoms with van der Waals surface area (Å²) < 4.78 is 1.96. The number of nitrogens with zero attached hydrogens (tertiary/aromatic N) is 4. The lowest BCUT2D eigenvalue weighted by molar-refractivity contribution is 0.0616. The van der Waals surface area contributed by atoms with Crippen LogP contribution in [0.15, 0.2) is 0 Å². The molecule has 0 spiro atoms. The van der Waals surface area contributed by atoms with Crippen molar-refractivity contribution in [3.63, 3.8) is 0 Å². The molecule has 0 saturated carbocycles. The highest BCUT2D eigenvalue weighted by Crippen LogP contribution is 2.24. The molecule has 7 heteroatoms. The fourth-order valence-corrected chi connectivity index (χ4v) is 3.92. The van der Waals surface area contributed by atoms with E-state index in [1.54, 1.807) is 0 Å². The zero-order valence-corrected chi connectivity index (χ0v) is 15.1. The summed E-state index contributed by atoms with van der Waals surface area (Å²) in [5, 5.41) is 11.9. The summed E-state index contributed by atoms with van der Waals surface area (Å²) in [7, 11) is 0. The second-order valence-corrected chi connectivity index (χ2v) is 7.11. The molecule has 2 unspecified atom stereocenters. The van der Waals surface area contributed by atoms with Crippen LogP contribution in [0, 0.1) is 18.8 Å². The number of halogens is 1. The molecule has 3 rings (SSSR count). The highest BCUT2D eigenvalue weighted by Gasteiger charge is 2.30. The van der Waals surface area contributed by atoms with E-state index in [-0.39, 0.29) is 18.3 Å². The first kappa shape index (κ1) is 18.2. The van der Waals surface area contributed by atoms with Crippen molar-refractivity contribution in [3.05, 3.63) is 11.4 Å². The molecule has 3 heterocycles. The lowest BCUT2D eigenvalue weighted by Gasteiger charge is -2.34. The first-order chi connectivity index (χ1) is 10.6. The van der Waals surface area contributed by atoms with Crippen molar-refractivity contribution in [2.24, 2.45) is 11.8 Å². The van der Waals surface area contributed by atoms with Crippen LogP contribution >= 0.6 is 12.4 Å². The monoisotopic (exact) mass is 341 g/mol. The molecule has 2 saturated heterocycles. The summed E-state index contributed by atoms with van der Waals surface area (Å²) in [6.45, 7) is 10.1. The van der Waals surface area contributed by atoms with E-state index < -0.39 is 0 Å². The predicted octanol–water partition coefficient (Wildman–Crippen LogP) is 2.05. The lowest BCUT2D eigenvalue weighted by atomic mass is 9.91. The van der Waals surface area contributed by atoms with Crippen LogP contribution in [0.2, 0.25) is 0 Å². The first-order valence-electron chi connectivity index (χ1n) is 8.48. The number of piperidine rings is 2. The van der Waals surface area contributed by atoms with Crippen molar-refractivity contribution in [1.29, 1.82) is 0 Å². The fraction of sp³-hybridized carbons (Fsp3) is 0.812. The van der Waals surface area contributed by atoms with Crippen LogP contribution in [-0.2, 0) is 0 Å². The smallest absolute Gasteiger partial charge is 0.276 e. The summed E-state index contributed by atoms with van der Waals surface area (Å²) in [5.41, 5.74) is 1.46. The number of amides is 1. The highest BCUT2D eigenvalue weighted by atomic mass is 35.5. The number of aromatic nitrogens is 3. The minimum Gasteiger partial charge on any atom is -0.337 e. The van der Waals surface area contributed by atoms with E-state index in [1.165, 1.54) is 6.42 Å². The molecule has 1 amide bonds. The third-order valence-corrected chi connectivity index (χ3v) is 4.94. The van der Waals surface area contributed by atoms with Gasteiger partial charge in [0.1, 0.15) is 0 Å². The van der Waals surface area contributed by atoms with Gasteiger partial charge in [-0.05, 0) is 51.1 Å². The molecule has 0 bridgehead atoms. The van der Waals surface area contributed by atoms with Gasteiger partial charge in [-0.1, -0.05) is 19.1 Å². The van der Waals surface area contributed by atoms with Crippen LogP contribution in [0.3, 0.4) is 0 Å². The van der Waals surface area contributed by atoms with Gasteiger partial charge in [-0.15, -0.1) is 17.5 Å². The van der Waals surface area contributed by atoms with E-state index in [0.717, 1.165) is 44.7 Å². The van der Waals surface area contributed by atoms with Crippen LogP contribution in [-0.4, -0.2) is 52.0 Å². The number of likely N-dealkylation sites (tertiary alicyclic amines) is 1. The number of hydrogen-bond donors (Lipinski definition) is 1. The van der Waals surface area contributed by atoms with E-state index in [1.807, 2.05) is 16.5 Å². The molecule has 2 atom stereocenters. The maximum Gasteiger partial charge on any atom is 0.276 e. The lowest BCUT2D eigenvalue weighted by Crippen LogP contribution is -2.43. The summed E-state index contributed by atoms with van der Waals surface area (Å²) in [6, 6.07) is 0.370. The van der Waals surface area contributed by atoms with Crippen LogP contribution in [0.25, 0.3) is 0 Å². The average molecular weight is 342 g/mol.